The summed E-state index contributed by atoms with van der Waals surface area (Å²) in [6, 6.07) is 16.0. The first-order valence-electron chi connectivity index (χ1n) is 11.1. The molecule has 0 aliphatic heterocycles. The third-order valence-corrected chi connectivity index (χ3v) is 7.54. The summed E-state index contributed by atoms with van der Waals surface area (Å²) in [6.45, 7) is 3.02. The van der Waals surface area contributed by atoms with Crippen molar-refractivity contribution >= 4 is 27.6 Å². The number of benzene rings is 1. The van der Waals surface area contributed by atoms with E-state index in [0.717, 1.165) is 28.7 Å². The minimum atomic E-state index is -3.57. The zero-order chi connectivity index (χ0) is 24.7. The van der Waals surface area contributed by atoms with E-state index < -0.39 is 10.0 Å². The van der Waals surface area contributed by atoms with Gasteiger partial charge in [-0.25, -0.2) is 17.9 Å². The molecule has 6 nitrogen and oxygen atoms in total. The summed E-state index contributed by atoms with van der Waals surface area (Å²) in [5, 5.41) is 0.487. The molecule has 0 spiro atoms. The van der Waals surface area contributed by atoms with Gasteiger partial charge in [-0.3, -0.25) is 0 Å². The first-order chi connectivity index (χ1) is 16.3. The van der Waals surface area contributed by atoms with Crippen LogP contribution >= 0.6 is 11.6 Å². The number of nitrogens with one attached hydrogen (secondary N) is 1. The molecular formula is C26H30ClNO5S. The van der Waals surface area contributed by atoms with Gasteiger partial charge in [-0.15, -0.1) is 0 Å². The Labute approximate surface area is 206 Å². The number of ether oxygens (including phenoxy) is 2. The molecular weight excluding hydrogens is 474 g/mol. The predicted octanol–water partition coefficient (Wildman–Crippen LogP) is 5.28. The van der Waals surface area contributed by atoms with E-state index in [9.17, 15) is 13.2 Å². The second-order valence-electron chi connectivity index (χ2n) is 8.23. The summed E-state index contributed by atoms with van der Waals surface area (Å²) in [6.07, 6.45) is 2.12. The van der Waals surface area contributed by atoms with Crippen LogP contribution in [0.1, 0.15) is 47.2 Å². The third-order valence-electron chi connectivity index (χ3n) is 5.81. The number of esters is 1. The van der Waals surface area contributed by atoms with Crippen LogP contribution in [0.3, 0.4) is 0 Å². The summed E-state index contributed by atoms with van der Waals surface area (Å²) in [5.74, 6) is -0.148. The summed E-state index contributed by atoms with van der Waals surface area (Å²) in [5.41, 5.74) is 4.55. The van der Waals surface area contributed by atoms with Gasteiger partial charge < -0.3 is 9.47 Å². The van der Waals surface area contributed by atoms with Crippen molar-refractivity contribution in [1.29, 1.82) is 0 Å². The Balaban J connectivity index is 1.70. The van der Waals surface area contributed by atoms with Crippen molar-refractivity contribution in [2.24, 2.45) is 0 Å². The number of carbonyl (C=O) groups is 1. The number of hydrogen-bond acceptors (Lipinski definition) is 5. The van der Waals surface area contributed by atoms with E-state index in [2.05, 4.69) is 17.7 Å². The average molecular weight is 504 g/mol. The van der Waals surface area contributed by atoms with Crippen molar-refractivity contribution in [3.05, 3.63) is 76.3 Å². The van der Waals surface area contributed by atoms with Crippen LogP contribution in [0, 0.1) is 0 Å². The summed E-state index contributed by atoms with van der Waals surface area (Å²) < 4.78 is 37.7. The SMILES string of the molecule is COCC(C)c1ccc2c(CCCCNS(=O)(=O)c3ccc(Cl)cc3)cc(C(=O)OC)c-2cc1. The highest BCUT2D eigenvalue weighted by molar-refractivity contribution is 7.89. The number of halogens is 1. The Morgan fingerprint density at radius 1 is 1.00 bits per heavy atom. The van der Waals surface area contributed by atoms with Gasteiger partial charge in [0.1, 0.15) is 0 Å². The molecule has 34 heavy (non-hydrogen) atoms. The van der Waals surface area contributed by atoms with Gasteiger partial charge >= 0.3 is 5.97 Å². The highest BCUT2D eigenvalue weighted by Gasteiger charge is 2.21. The molecule has 0 saturated heterocycles. The van der Waals surface area contributed by atoms with E-state index in [1.54, 1.807) is 19.2 Å². The minimum Gasteiger partial charge on any atom is -0.465 e. The number of hydrogen-bond donors (Lipinski definition) is 1. The number of carbonyl (C=O) groups excluding carboxylic acids is 1. The first kappa shape index (κ1) is 26.2. The Kier molecular flexibility index (Phi) is 9.08. The van der Waals surface area contributed by atoms with Crippen molar-refractivity contribution < 1.29 is 22.7 Å². The third kappa shape index (κ3) is 6.36. The van der Waals surface area contributed by atoms with Crippen LogP contribution in [0.2, 0.25) is 5.02 Å². The van der Waals surface area contributed by atoms with E-state index in [4.69, 9.17) is 21.1 Å². The lowest BCUT2D eigenvalue weighted by molar-refractivity contribution is 0.0602. The maximum absolute atomic E-state index is 12.4. The van der Waals surface area contributed by atoms with Gasteiger partial charge in [0.25, 0.3) is 0 Å². The van der Waals surface area contributed by atoms with E-state index in [-0.39, 0.29) is 16.8 Å². The molecule has 182 valence electrons. The minimum absolute atomic E-state index is 0.188. The summed E-state index contributed by atoms with van der Waals surface area (Å²) >= 11 is 5.83. The maximum atomic E-state index is 12.4. The Hall–Kier alpha value is -2.45. The van der Waals surface area contributed by atoms with Crippen molar-refractivity contribution in [2.45, 2.75) is 37.0 Å². The molecule has 0 fully saturated rings. The number of sulfonamides is 1. The van der Waals surface area contributed by atoms with Crippen molar-refractivity contribution in [2.75, 3.05) is 27.4 Å². The fourth-order valence-corrected chi connectivity index (χ4v) is 5.14. The number of fused-ring (bicyclic) bond motifs is 1. The van der Waals surface area contributed by atoms with Gasteiger partial charge in [-0.05, 0) is 71.8 Å². The lowest BCUT2D eigenvalue weighted by Crippen LogP contribution is -2.24. The standard InChI is InChI=1S/C26H30ClNO5S/c1-18(17-32-2)19-7-13-23-20(16-25(26(29)33-3)24(23)14-8-19)6-4-5-15-28-34(30,31)22-11-9-21(27)10-12-22/h7-14,16,18,28H,4-6,15,17H2,1-3H3. The molecule has 1 unspecified atom stereocenters. The summed E-state index contributed by atoms with van der Waals surface area (Å²) in [7, 11) is -0.517. The molecule has 1 atom stereocenters. The molecule has 3 rings (SSSR count). The van der Waals surface area contributed by atoms with E-state index in [0.29, 0.717) is 36.6 Å². The van der Waals surface area contributed by atoms with Gasteiger partial charge in [-0.2, -0.15) is 0 Å². The Morgan fingerprint density at radius 3 is 2.32 bits per heavy atom. The summed E-state index contributed by atoms with van der Waals surface area (Å²) in [4.78, 5) is 12.6. The fourth-order valence-electron chi connectivity index (χ4n) is 3.94. The largest absolute Gasteiger partial charge is 0.465 e. The number of unbranched alkanes of at least 4 members (excludes halogenated alkanes) is 1. The van der Waals surface area contributed by atoms with Gasteiger partial charge in [0.15, 0.2) is 0 Å². The molecule has 1 N–H and O–H groups in total. The predicted molar refractivity (Wildman–Crippen MR) is 134 cm³/mol. The highest BCUT2D eigenvalue weighted by atomic mass is 35.5. The van der Waals surface area contributed by atoms with Crippen LogP contribution in [-0.4, -0.2) is 41.8 Å². The topological polar surface area (TPSA) is 81.7 Å². The molecule has 0 radical (unpaired) electrons. The van der Waals surface area contributed by atoms with Crippen LogP contribution in [0.15, 0.2) is 59.5 Å². The first-order valence-corrected chi connectivity index (χ1v) is 13.0. The smallest absolute Gasteiger partial charge is 0.338 e. The lowest BCUT2D eigenvalue weighted by atomic mass is 10.0. The van der Waals surface area contributed by atoms with E-state index in [1.807, 2.05) is 24.3 Å². The van der Waals surface area contributed by atoms with Crippen molar-refractivity contribution in [3.8, 4) is 11.1 Å². The fraction of sp³-hybridized carbons (Fsp3) is 0.346. The zero-order valence-corrected chi connectivity index (χ0v) is 21.2. The van der Waals surface area contributed by atoms with Crippen LogP contribution < -0.4 is 4.72 Å². The molecule has 0 saturated carbocycles. The number of rotatable bonds is 11. The van der Waals surface area contributed by atoms with Gasteiger partial charge in [0.2, 0.25) is 10.0 Å². The van der Waals surface area contributed by atoms with Crippen molar-refractivity contribution in [3.63, 3.8) is 0 Å². The molecule has 1 aromatic rings. The highest BCUT2D eigenvalue weighted by Crippen LogP contribution is 2.34. The van der Waals surface area contributed by atoms with Crippen LogP contribution in [-0.2, 0) is 25.9 Å². The molecule has 2 aliphatic rings. The van der Waals surface area contributed by atoms with Crippen LogP contribution in [0.4, 0.5) is 0 Å². The number of methoxy groups -OCH3 is 2. The molecule has 1 aromatic carbocycles. The molecule has 8 heteroatoms. The van der Waals surface area contributed by atoms with E-state index in [1.165, 1.54) is 19.2 Å². The average Bonchev–Trinajstić information content (AvgIpc) is 3.00. The number of aryl methyl sites for hydroxylation is 1. The molecule has 0 amide bonds. The Morgan fingerprint density at radius 2 is 1.68 bits per heavy atom. The molecule has 2 aliphatic carbocycles. The van der Waals surface area contributed by atoms with Crippen LogP contribution in [0.5, 0.6) is 0 Å². The molecule has 0 heterocycles. The molecule has 0 aromatic heterocycles. The zero-order valence-electron chi connectivity index (χ0n) is 19.6. The van der Waals surface area contributed by atoms with Crippen molar-refractivity contribution in [1.82, 2.24) is 4.72 Å². The van der Waals surface area contributed by atoms with Gasteiger partial charge in [0.05, 0.1) is 24.2 Å². The van der Waals surface area contributed by atoms with Crippen LogP contribution in [0.25, 0.3) is 11.1 Å². The second-order valence-corrected chi connectivity index (χ2v) is 10.4. The second kappa shape index (κ2) is 11.8. The lowest BCUT2D eigenvalue weighted by Gasteiger charge is -2.08. The quantitative estimate of drug-likeness (QED) is 0.284. The monoisotopic (exact) mass is 503 g/mol. The normalized spacial score (nSPS) is 12.6. The Bertz CT molecular complexity index is 1190. The van der Waals surface area contributed by atoms with E-state index >= 15 is 0 Å². The van der Waals surface area contributed by atoms with Gasteiger partial charge in [0, 0.05) is 24.6 Å². The molecule has 0 bridgehead atoms. The van der Waals surface area contributed by atoms with Gasteiger partial charge in [-0.1, -0.05) is 42.8 Å². The maximum Gasteiger partial charge on any atom is 0.338 e.